The first-order chi connectivity index (χ1) is 17.5. The Hall–Kier alpha value is -3.36. The second-order valence-electron chi connectivity index (χ2n) is 10.2. The molecule has 0 atom stereocenters. The predicted octanol–water partition coefficient (Wildman–Crippen LogP) is 4.83. The van der Waals surface area contributed by atoms with Crippen LogP contribution in [-0.2, 0) is 4.79 Å². The average molecular weight is 504 g/mol. The van der Waals surface area contributed by atoms with Crippen LogP contribution in [-0.4, -0.2) is 51.6 Å². The molecule has 8 nitrogen and oxygen atoms in total. The minimum atomic E-state index is -0.122. The molecule has 186 valence electrons. The highest BCUT2D eigenvalue weighted by atomic mass is 35.5. The smallest absolute Gasteiger partial charge is 0.251 e. The summed E-state index contributed by atoms with van der Waals surface area (Å²) in [5.74, 6) is 1.42. The van der Waals surface area contributed by atoms with Crippen molar-refractivity contribution in [3.8, 4) is 0 Å². The molecular weight excluding hydrogens is 474 g/mol. The predicted molar refractivity (Wildman–Crippen MR) is 143 cm³/mol. The Morgan fingerprint density at radius 1 is 1.22 bits per heavy atom. The van der Waals surface area contributed by atoms with Gasteiger partial charge in [0.15, 0.2) is 5.65 Å². The number of carbonyl (C=O) groups excluding carboxylic acids is 1. The van der Waals surface area contributed by atoms with Crippen molar-refractivity contribution in [3.05, 3.63) is 65.0 Å². The number of halogens is 1. The lowest BCUT2D eigenvalue weighted by Crippen LogP contribution is -2.32. The van der Waals surface area contributed by atoms with Gasteiger partial charge in [-0.1, -0.05) is 24.2 Å². The van der Waals surface area contributed by atoms with Crippen molar-refractivity contribution in [3.63, 3.8) is 0 Å². The maximum Gasteiger partial charge on any atom is 0.251 e. The van der Waals surface area contributed by atoms with E-state index in [0.717, 1.165) is 30.2 Å². The molecule has 3 N–H and O–H groups in total. The van der Waals surface area contributed by atoms with Crippen molar-refractivity contribution in [1.29, 1.82) is 0 Å². The highest BCUT2D eigenvalue weighted by Gasteiger charge is 2.44. The molecule has 1 saturated carbocycles. The lowest BCUT2D eigenvalue weighted by molar-refractivity contribution is -0.115. The number of aromatic nitrogens is 3. The van der Waals surface area contributed by atoms with E-state index in [1.807, 2.05) is 40.9 Å². The van der Waals surface area contributed by atoms with Gasteiger partial charge in [0.2, 0.25) is 0 Å². The molecule has 6 rings (SSSR count). The van der Waals surface area contributed by atoms with E-state index < -0.39 is 0 Å². The van der Waals surface area contributed by atoms with E-state index in [-0.39, 0.29) is 5.91 Å². The van der Waals surface area contributed by atoms with Gasteiger partial charge in [0.05, 0.1) is 6.20 Å². The zero-order chi connectivity index (χ0) is 24.7. The molecule has 3 aliphatic rings. The van der Waals surface area contributed by atoms with Gasteiger partial charge >= 0.3 is 0 Å². The molecule has 3 fully saturated rings. The summed E-state index contributed by atoms with van der Waals surface area (Å²) in [5, 5.41) is 15.1. The van der Waals surface area contributed by atoms with Gasteiger partial charge < -0.3 is 20.9 Å². The van der Waals surface area contributed by atoms with Gasteiger partial charge in [-0.05, 0) is 63.0 Å². The Morgan fingerprint density at radius 3 is 2.78 bits per heavy atom. The van der Waals surface area contributed by atoms with Crippen molar-refractivity contribution in [2.45, 2.75) is 32.1 Å². The molecule has 0 radical (unpaired) electrons. The van der Waals surface area contributed by atoms with E-state index in [2.05, 4.69) is 32.5 Å². The number of anilines is 3. The number of allylic oxidation sites excluding steroid dienone is 1. The van der Waals surface area contributed by atoms with Crippen LogP contribution in [0.2, 0.25) is 5.02 Å². The molecule has 9 heteroatoms. The third-order valence-corrected chi connectivity index (χ3v) is 7.51. The van der Waals surface area contributed by atoms with E-state index in [0.29, 0.717) is 39.6 Å². The Bertz CT molecular complexity index is 1370. The summed E-state index contributed by atoms with van der Waals surface area (Å²) in [7, 11) is 0. The molecule has 2 aliphatic heterocycles. The van der Waals surface area contributed by atoms with Gasteiger partial charge in [-0.25, -0.2) is 4.98 Å². The maximum atomic E-state index is 12.3. The van der Waals surface area contributed by atoms with Crippen LogP contribution in [0.4, 0.5) is 17.3 Å². The molecule has 1 amide bonds. The molecule has 1 aliphatic carbocycles. The van der Waals surface area contributed by atoms with Crippen LogP contribution >= 0.6 is 11.6 Å². The van der Waals surface area contributed by atoms with Gasteiger partial charge in [0.1, 0.15) is 11.6 Å². The lowest BCUT2D eigenvalue weighted by Gasteiger charge is -2.24. The van der Waals surface area contributed by atoms with Gasteiger partial charge in [0, 0.05) is 58.5 Å². The number of amides is 1. The number of hydrogen-bond acceptors (Lipinski definition) is 6. The van der Waals surface area contributed by atoms with Crippen LogP contribution in [0.5, 0.6) is 0 Å². The van der Waals surface area contributed by atoms with Crippen LogP contribution in [0.25, 0.3) is 11.7 Å². The van der Waals surface area contributed by atoms with Gasteiger partial charge in [-0.3, -0.25) is 4.79 Å². The average Bonchev–Trinajstić information content (AvgIpc) is 3.12. The quantitative estimate of drug-likeness (QED) is 0.382. The number of likely N-dealkylation sites (tertiary alicyclic amines) is 1. The fraction of sp³-hybridized carbons (Fsp3) is 0.370. The fourth-order valence-corrected chi connectivity index (χ4v) is 5.34. The normalized spacial score (nSPS) is 20.3. The topological polar surface area (TPSA) is 86.6 Å². The first-order valence-electron chi connectivity index (χ1n) is 12.5. The van der Waals surface area contributed by atoms with Crippen molar-refractivity contribution in [2.75, 3.05) is 36.8 Å². The number of rotatable bonds is 8. The first kappa shape index (κ1) is 23.1. The summed E-state index contributed by atoms with van der Waals surface area (Å²) in [6.07, 6.45) is 9.22. The largest absolute Gasteiger partial charge is 0.369 e. The standard InChI is InChI=1S/C27H30ClN7O/c1-18-11-19(26(36)31-18)12-20-15-30-35-24(29-16-27(7-8-27)17-34-9-2-3-10-34)14-23(33-25(20)35)32-22-6-4-5-21(28)13-22/h4-6,12-15,29H,1-3,7-11,16-17H2,(H,31,36)(H,32,33)/b19-12+. The molecule has 2 aromatic heterocycles. The number of nitrogens with zero attached hydrogens (tertiary/aromatic N) is 4. The second-order valence-corrected chi connectivity index (χ2v) is 10.7. The van der Waals surface area contributed by atoms with Gasteiger partial charge in [-0.2, -0.15) is 9.61 Å². The molecule has 2 saturated heterocycles. The highest BCUT2D eigenvalue weighted by Crippen LogP contribution is 2.46. The SMILES string of the molecule is C=C1C/C(=C\c2cnn3c(NCC4(CN5CCCC5)CC4)cc(Nc4cccc(Cl)c4)nc23)C(=O)N1. The van der Waals surface area contributed by atoms with E-state index >= 15 is 0 Å². The molecule has 0 bridgehead atoms. The fourth-order valence-electron chi connectivity index (χ4n) is 5.15. The Labute approximate surface area is 215 Å². The lowest BCUT2D eigenvalue weighted by atomic mass is 10.1. The Morgan fingerprint density at radius 2 is 2.06 bits per heavy atom. The molecular formula is C27H30ClN7O. The minimum Gasteiger partial charge on any atom is -0.369 e. The van der Waals surface area contributed by atoms with Crippen molar-refractivity contribution in [2.24, 2.45) is 5.41 Å². The third-order valence-electron chi connectivity index (χ3n) is 7.27. The summed E-state index contributed by atoms with van der Waals surface area (Å²) < 4.78 is 1.82. The minimum absolute atomic E-state index is 0.122. The maximum absolute atomic E-state index is 12.3. The van der Waals surface area contributed by atoms with Gasteiger partial charge in [-0.15, -0.1) is 0 Å². The Balaban J connectivity index is 1.32. The monoisotopic (exact) mass is 503 g/mol. The van der Waals surface area contributed by atoms with Crippen LogP contribution < -0.4 is 16.0 Å². The van der Waals surface area contributed by atoms with Crippen molar-refractivity contribution >= 4 is 46.6 Å². The number of hydrogen-bond donors (Lipinski definition) is 3. The van der Waals surface area contributed by atoms with E-state index in [1.165, 1.54) is 38.8 Å². The zero-order valence-corrected chi connectivity index (χ0v) is 20.9. The zero-order valence-electron chi connectivity index (χ0n) is 20.2. The van der Waals surface area contributed by atoms with Crippen LogP contribution in [0.15, 0.2) is 54.4 Å². The van der Waals surface area contributed by atoms with E-state index in [4.69, 9.17) is 16.6 Å². The van der Waals surface area contributed by atoms with Crippen molar-refractivity contribution in [1.82, 2.24) is 24.8 Å². The number of nitrogens with one attached hydrogen (secondary N) is 3. The van der Waals surface area contributed by atoms with E-state index in [9.17, 15) is 4.79 Å². The summed E-state index contributed by atoms with van der Waals surface area (Å²) in [6.45, 7) is 8.34. The van der Waals surface area contributed by atoms with Crippen molar-refractivity contribution < 1.29 is 4.79 Å². The number of fused-ring (bicyclic) bond motifs is 1. The summed E-state index contributed by atoms with van der Waals surface area (Å²) in [5.41, 5.74) is 3.98. The third kappa shape index (κ3) is 4.83. The van der Waals surface area contributed by atoms with Crippen LogP contribution in [0.3, 0.4) is 0 Å². The van der Waals surface area contributed by atoms with E-state index in [1.54, 1.807) is 6.20 Å². The number of benzene rings is 1. The first-order valence-corrected chi connectivity index (χ1v) is 12.9. The highest BCUT2D eigenvalue weighted by molar-refractivity contribution is 6.30. The van der Waals surface area contributed by atoms with Crippen LogP contribution in [0.1, 0.15) is 37.7 Å². The molecule has 0 unspecified atom stereocenters. The second kappa shape index (κ2) is 9.26. The molecule has 1 aromatic carbocycles. The summed E-state index contributed by atoms with van der Waals surface area (Å²) >= 11 is 6.20. The summed E-state index contributed by atoms with van der Waals surface area (Å²) in [4.78, 5) is 19.7. The molecule has 3 aromatic rings. The summed E-state index contributed by atoms with van der Waals surface area (Å²) in [6, 6.07) is 9.54. The molecule has 4 heterocycles. The van der Waals surface area contributed by atoms with Gasteiger partial charge in [0.25, 0.3) is 5.91 Å². The Kier molecular flexibility index (Phi) is 5.93. The molecule has 0 spiro atoms. The van der Waals surface area contributed by atoms with Crippen LogP contribution in [0, 0.1) is 5.41 Å². The number of carbonyl (C=O) groups is 1. The molecule has 36 heavy (non-hydrogen) atoms.